The van der Waals surface area contributed by atoms with Crippen molar-refractivity contribution in [3.05, 3.63) is 28.2 Å². The van der Waals surface area contributed by atoms with Crippen LogP contribution in [0.15, 0.2) is 22.7 Å². The first-order valence-corrected chi connectivity index (χ1v) is 5.08. The number of benzene rings is 1. The Hall–Kier alpha value is -0.540. The average Bonchev–Trinajstić information content (AvgIpc) is 2.49. The third-order valence-electron chi connectivity index (χ3n) is 2.38. The van der Waals surface area contributed by atoms with Gasteiger partial charge in [-0.15, -0.1) is 0 Å². The topological polar surface area (TPSA) is 29.5 Å². The molecule has 0 amide bonds. The molecule has 0 saturated carbocycles. The second-order valence-electron chi connectivity index (χ2n) is 3.31. The zero-order chi connectivity index (χ0) is 9.42. The Morgan fingerprint density at radius 3 is 3.08 bits per heavy atom. The maximum atomic E-state index is 9.52. The van der Waals surface area contributed by atoms with Gasteiger partial charge < -0.3 is 9.84 Å². The standard InChI is InChI=1S/C10H11BrO2/c1-6(12)7-5-13-9-4-2-3-8(11)10(7)9/h2-4,6-7,12H,5H2,1H3. The molecule has 0 aromatic heterocycles. The molecule has 2 atom stereocenters. The molecular weight excluding hydrogens is 232 g/mol. The van der Waals surface area contributed by atoms with Crippen LogP contribution < -0.4 is 4.74 Å². The minimum absolute atomic E-state index is 0.102. The Morgan fingerprint density at radius 1 is 1.62 bits per heavy atom. The normalized spacial score (nSPS) is 22.2. The van der Waals surface area contributed by atoms with E-state index in [0.717, 1.165) is 15.8 Å². The third kappa shape index (κ3) is 1.46. The van der Waals surface area contributed by atoms with Crippen LogP contribution in [0.25, 0.3) is 0 Å². The predicted molar refractivity (Wildman–Crippen MR) is 54.1 cm³/mol. The van der Waals surface area contributed by atoms with Crippen molar-refractivity contribution >= 4 is 15.9 Å². The van der Waals surface area contributed by atoms with E-state index in [1.165, 1.54) is 0 Å². The lowest BCUT2D eigenvalue weighted by atomic mass is 9.97. The van der Waals surface area contributed by atoms with Gasteiger partial charge in [0.25, 0.3) is 0 Å². The number of ether oxygens (including phenoxy) is 1. The summed E-state index contributed by atoms with van der Waals surface area (Å²) in [7, 11) is 0. The van der Waals surface area contributed by atoms with Crippen molar-refractivity contribution in [3.63, 3.8) is 0 Å². The van der Waals surface area contributed by atoms with E-state index in [0.29, 0.717) is 6.61 Å². The summed E-state index contributed by atoms with van der Waals surface area (Å²) in [6, 6.07) is 5.85. The van der Waals surface area contributed by atoms with Gasteiger partial charge in [0.05, 0.1) is 12.7 Å². The summed E-state index contributed by atoms with van der Waals surface area (Å²) in [5.41, 5.74) is 1.09. The Morgan fingerprint density at radius 2 is 2.38 bits per heavy atom. The van der Waals surface area contributed by atoms with E-state index in [-0.39, 0.29) is 12.0 Å². The minimum atomic E-state index is -0.361. The molecule has 1 N–H and O–H groups in total. The van der Waals surface area contributed by atoms with Gasteiger partial charge in [0.2, 0.25) is 0 Å². The number of halogens is 1. The fraction of sp³-hybridized carbons (Fsp3) is 0.400. The molecule has 0 fully saturated rings. The first-order chi connectivity index (χ1) is 6.20. The third-order valence-corrected chi connectivity index (χ3v) is 3.08. The maximum absolute atomic E-state index is 9.52. The van der Waals surface area contributed by atoms with Gasteiger partial charge in [0.1, 0.15) is 5.75 Å². The summed E-state index contributed by atoms with van der Waals surface area (Å²) in [6.45, 7) is 2.37. The van der Waals surface area contributed by atoms with Gasteiger partial charge in [-0.05, 0) is 19.1 Å². The van der Waals surface area contributed by atoms with Crippen LogP contribution in [0, 0.1) is 0 Å². The Bertz CT molecular complexity index is 323. The van der Waals surface area contributed by atoms with Crippen molar-refractivity contribution < 1.29 is 9.84 Å². The molecule has 0 saturated heterocycles. The molecule has 2 rings (SSSR count). The average molecular weight is 243 g/mol. The maximum Gasteiger partial charge on any atom is 0.124 e. The van der Waals surface area contributed by atoms with Crippen LogP contribution >= 0.6 is 15.9 Å². The van der Waals surface area contributed by atoms with Gasteiger partial charge in [-0.2, -0.15) is 0 Å². The van der Waals surface area contributed by atoms with E-state index in [2.05, 4.69) is 15.9 Å². The van der Waals surface area contributed by atoms with E-state index in [9.17, 15) is 5.11 Å². The molecular formula is C10H11BrO2. The highest BCUT2D eigenvalue weighted by Gasteiger charge is 2.29. The summed E-state index contributed by atoms with van der Waals surface area (Å²) < 4.78 is 6.48. The zero-order valence-electron chi connectivity index (χ0n) is 7.33. The summed E-state index contributed by atoms with van der Waals surface area (Å²) >= 11 is 3.46. The van der Waals surface area contributed by atoms with Crippen molar-refractivity contribution in [2.45, 2.75) is 18.9 Å². The minimum Gasteiger partial charge on any atom is -0.493 e. The first kappa shape index (κ1) is 9.03. The number of hydrogen-bond acceptors (Lipinski definition) is 2. The largest absolute Gasteiger partial charge is 0.493 e. The molecule has 70 valence electrons. The summed E-state index contributed by atoms with van der Waals surface area (Å²) in [6.07, 6.45) is -0.361. The van der Waals surface area contributed by atoms with Crippen molar-refractivity contribution in [3.8, 4) is 5.75 Å². The van der Waals surface area contributed by atoms with Gasteiger partial charge in [-0.1, -0.05) is 22.0 Å². The van der Waals surface area contributed by atoms with Gasteiger partial charge in [-0.25, -0.2) is 0 Å². The molecule has 1 aliphatic rings. The van der Waals surface area contributed by atoms with Gasteiger partial charge >= 0.3 is 0 Å². The van der Waals surface area contributed by atoms with E-state index in [1.54, 1.807) is 6.92 Å². The van der Waals surface area contributed by atoms with E-state index < -0.39 is 0 Å². The second kappa shape index (κ2) is 3.31. The highest BCUT2D eigenvalue weighted by atomic mass is 79.9. The van der Waals surface area contributed by atoms with E-state index in [1.807, 2.05) is 18.2 Å². The highest BCUT2D eigenvalue weighted by molar-refractivity contribution is 9.10. The van der Waals surface area contributed by atoms with Crippen molar-refractivity contribution in [2.75, 3.05) is 6.61 Å². The number of aliphatic hydroxyl groups is 1. The zero-order valence-corrected chi connectivity index (χ0v) is 8.91. The molecule has 0 bridgehead atoms. The molecule has 0 radical (unpaired) electrons. The molecule has 0 aliphatic carbocycles. The lowest BCUT2D eigenvalue weighted by molar-refractivity contribution is 0.146. The van der Waals surface area contributed by atoms with Gasteiger partial charge in [0.15, 0.2) is 0 Å². The van der Waals surface area contributed by atoms with Crippen LogP contribution in [0.1, 0.15) is 18.4 Å². The molecule has 1 aliphatic heterocycles. The quantitative estimate of drug-likeness (QED) is 0.820. The van der Waals surface area contributed by atoms with Crippen LogP contribution in [0.4, 0.5) is 0 Å². The summed E-state index contributed by atoms with van der Waals surface area (Å²) in [5.74, 6) is 0.992. The van der Waals surface area contributed by atoms with Crippen molar-refractivity contribution in [1.82, 2.24) is 0 Å². The molecule has 1 aromatic carbocycles. The van der Waals surface area contributed by atoms with Gasteiger partial charge in [0, 0.05) is 16.0 Å². The SMILES string of the molecule is CC(O)C1COc2cccc(Br)c21. The van der Waals surface area contributed by atoms with Crippen LogP contribution in [0.2, 0.25) is 0 Å². The second-order valence-corrected chi connectivity index (χ2v) is 4.16. The smallest absolute Gasteiger partial charge is 0.124 e. The number of hydrogen-bond donors (Lipinski definition) is 1. The Labute approximate surface area is 85.7 Å². The fourth-order valence-corrected chi connectivity index (χ4v) is 2.29. The van der Waals surface area contributed by atoms with E-state index in [4.69, 9.17) is 4.74 Å². The number of rotatable bonds is 1. The van der Waals surface area contributed by atoms with Crippen molar-refractivity contribution in [1.29, 1.82) is 0 Å². The van der Waals surface area contributed by atoms with Crippen LogP contribution in [0.5, 0.6) is 5.75 Å². The number of aliphatic hydroxyl groups excluding tert-OH is 1. The van der Waals surface area contributed by atoms with Gasteiger partial charge in [-0.3, -0.25) is 0 Å². The van der Waals surface area contributed by atoms with Crippen LogP contribution in [0.3, 0.4) is 0 Å². The summed E-state index contributed by atoms with van der Waals surface area (Å²) in [4.78, 5) is 0. The molecule has 3 heteroatoms. The molecule has 2 nitrogen and oxygen atoms in total. The fourth-order valence-electron chi connectivity index (χ4n) is 1.65. The summed E-state index contributed by atoms with van der Waals surface area (Å²) in [5, 5.41) is 9.52. The molecule has 1 aromatic rings. The highest BCUT2D eigenvalue weighted by Crippen LogP contribution is 2.40. The molecule has 1 heterocycles. The molecule has 13 heavy (non-hydrogen) atoms. The van der Waals surface area contributed by atoms with Crippen molar-refractivity contribution in [2.24, 2.45) is 0 Å². The monoisotopic (exact) mass is 242 g/mol. The van der Waals surface area contributed by atoms with Crippen LogP contribution in [-0.2, 0) is 0 Å². The Balaban J connectivity index is 2.46. The lowest BCUT2D eigenvalue weighted by Crippen LogP contribution is -2.15. The first-order valence-electron chi connectivity index (χ1n) is 4.29. The predicted octanol–water partition coefficient (Wildman–Crippen LogP) is 2.31. The Kier molecular flexibility index (Phi) is 2.30. The van der Waals surface area contributed by atoms with E-state index >= 15 is 0 Å². The lowest BCUT2D eigenvalue weighted by Gasteiger charge is -2.12. The molecule has 0 spiro atoms. The molecule has 2 unspecified atom stereocenters. The van der Waals surface area contributed by atoms with Crippen LogP contribution in [-0.4, -0.2) is 17.8 Å². The number of fused-ring (bicyclic) bond motifs is 1.